The predicted octanol–water partition coefficient (Wildman–Crippen LogP) is 4.84. The maximum Gasteiger partial charge on any atom is 0.416 e. The van der Waals surface area contributed by atoms with Crippen molar-refractivity contribution in [1.29, 1.82) is 0 Å². The highest BCUT2D eigenvalue weighted by molar-refractivity contribution is 6.29. The minimum absolute atomic E-state index is 0.0365. The quantitative estimate of drug-likeness (QED) is 0.701. The van der Waals surface area contributed by atoms with Crippen molar-refractivity contribution in [2.24, 2.45) is 0 Å². The van der Waals surface area contributed by atoms with Gasteiger partial charge in [0, 0.05) is 11.7 Å². The summed E-state index contributed by atoms with van der Waals surface area (Å²) in [6.07, 6.45) is -3.67. The van der Waals surface area contributed by atoms with Crippen LogP contribution in [0.25, 0.3) is 0 Å². The second-order valence-corrected chi connectivity index (χ2v) is 5.47. The molecule has 0 bridgehead atoms. The monoisotopic (exact) mass is 312 g/mol. The number of rotatable bonds is 1. The molecule has 0 spiro atoms. The molecule has 3 rings (SSSR count). The zero-order valence-corrected chi connectivity index (χ0v) is 11.9. The first-order valence-corrected chi connectivity index (χ1v) is 6.86. The Hall–Kier alpha value is -1.75. The minimum Gasteiger partial charge on any atom is -0.323 e. The summed E-state index contributed by atoms with van der Waals surface area (Å²) in [6.45, 7) is 1.95. The lowest BCUT2D eigenvalue weighted by atomic mass is 10.1. The maximum absolute atomic E-state index is 12.9. The van der Waals surface area contributed by atoms with Gasteiger partial charge in [0.15, 0.2) is 0 Å². The normalized spacial score (nSPS) is 18.0. The molecule has 110 valence electrons. The lowest BCUT2D eigenvalue weighted by Crippen LogP contribution is -2.25. The van der Waals surface area contributed by atoms with E-state index in [9.17, 15) is 13.2 Å². The van der Waals surface area contributed by atoms with Crippen molar-refractivity contribution in [3.8, 4) is 0 Å². The molecule has 0 N–H and O–H groups in total. The highest BCUT2D eigenvalue weighted by atomic mass is 35.5. The highest BCUT2D eigenvalue weighted by Crippen LogP contribution is 2.40. The fourth-order valence-corrected chi connectivity index (χ4v) is 2.89. The molecular formula is C15H12ClF3N2. The molecule has 2 aromatic rings. The van der Waals surface area contributed by atoms with Gasteiger partial charge in [0.1, 0.15) is 11.0 Å². The van der Waals surface area contributed by atoms with Crippen LogP contribution in [0.15, 0.2) is 36.4 Å². The Morgan fingerprint density at radius 1 is 1.24 bits per heavy atom. The van der Waals surface area contributed by atoms with Crippen LogP contribution in [0.4, 0.5) is 24.7 Å². The van der Waals surface area contributed by atoms with E-state index in [1.54, 1.807) is 4.90 Å². The molecule has 0 saturated carbocycles. The van der Waals surface area contributed by atoms with Gasteiger partial charge in [-0.15, -0.1) is 0 Å². The Labute approximate surface area is 125 Å². The van der Waals surface area contributed by atoms with Crippen LogP contribution in [0.5, 0.6) is 0 Å². The molecule has 2 heterocycles. The summed E-state index contributed by atoms with van der Waals surface area (Å²) in [7, 11) is 0. The molecular weight excluding hydrogens is 301 g/mol. The third-order valence-electron chi connectivity index (χ3n) is 3.56. The van der Waals surface area contributed by atoms with Gasteiger partial charge in [-0.3, -0.25) is 0 Å². The van der Waals surface area contributed by atoms with Crippen LogP contribution in [-0.2, 0) is 12.6 Å². The summed E-state index contributed by atoms with van der Waals surface area (Å²) in [5.74, 6) is 0.229. The summed E-state index contributed by atoms with van der Waals surface area (Å²) in [5.41, 5.74) is 1.20. The third-order valence-corrected chi connectivity index (χ3v) is 3.76. The largest absolute Gasteiger partial charge is 0.416 e. The van der Waals surface area contributed by atoms with Crippen molar-refractivity contribution in [1.82, 2.24) is 4.98 Å². The molecule has 1 atom stereocenters. The van der Waals surface area contributed by atoms with Gasteiger partial charge in [0.2, 0.25) is 0 Å². The third kappa shape index (κ3) is 2.58. The van der Waals surface area contributed by atoms with E-state index in [1.807, 2.05) is 31.2 Å². The Kier molecular flexibility index (Phi) is 3.32. The van der Waals surface area contributed by atoms with Crippen LogP contribution in [0.3, 0.4) is 0 Å². The van der Waals surface area contributed by atoms with Gasteiger partial charge in [0.25, 0.3) is 0 Å². The number of fused-ring (bicyclic) bond motifs is 1. The topological polar surface area (TPSA) is 16.1 Å². The molecule has 1 aromatic heterocycles. The standard InChI is InChI=1S/C15H12ClF3N2/c1-9-6-10-4-2-3-5-12(10)21(9)14-8-11(15(17,18)19)7-13(16)20-14/h2-5,7-9H,6H2,1H3. The Balaban J connectivity index is 2.11. The van der Waals surface area contributed by atoms with E-state index >= 15 is 0 Å². The lowest BCUT2D eigenvalue weighted by Gasteiger charge is -2.24. The lowest BCUT2D eigenvalue weighted by molar-refractivity contribution is -0.137. The minimum atomic E-state index is -4.44. The molecule has 0 fully saturated rings. The van der Waals surface area contributed by atoms with Crippen molar-refractivity contribution < 1.29 is 13.2 Å². The Morgan fingerprint density at radius 2 is 1.95 bits per heavy atom. The summed E-state index contributed by atoms with van der Waals surface area (Å²) in [6, 6.07) is 9.56. The van der Waals surface area contributed by atoms with E-state index in [4.69, 9.17) is 11.6 Å². The summed E-state index contributed by atoms with van der Waals surface area (Å²) in [5, 5.41) is -0.156. The predicted molar refractivity (Wildman–Crippen MR) is 76.0 cm³/mol. The molecule has 1 aliphatic rings. The Bertz CT molecular complexity index is 685. The number of halogens is 4. The van der Waals surface area contributed by atoms with Crippen LogP contribution in [0.1, 0.15) is 18.1 Å². The van der Waals surface area contributed by atoms with Gasteiger partial charge in [-0.05, 0) is 37.1 Å². The average molecular weight is 313 g/mol. The number of pyridine rings is 1. The van der Waals surface area contributed by atoms with Crippen molar-refractivity contribution in [2.45, 2.75) is 25.6 Å². The van der Waals surface area contributed by atoms with E-state index in [-0.39, 0.29) is 17.0 Å². The number of hydrogen-bond donors (Lipinski definition) is 0. The second kappa shape index (κ2) is 4.91. The molecule has 0 amide bonds. The molecule has 1 aromatic carbocycles. The zero-order chi connectivity index (χ0) is 15.2. The van der Waals surface area contributed by atoms with Gasteiger partial charge >= 0.3 is 6.18 Å². The van der Waals surface area contributed by atoms with Gasteiger partial charge in [-0.1, -0.05) is 29.8 Å². The van der Waals surface area contributed by atoms with Crippen LogP contribution < -0.4 is 4.90 Å². The first-order valence-electron chi connectivity index (χ1n) is 6.48. The molecule has 6 heteroatoms. The van der Waals surface area contributed by atoms with Crippen LogP contribution in [0.2, 0.25) is 5.15 Å². The van der Waals surface area contributed by atoms with Gasteiger partial charge in [0.05, 0.1) is 5.56 Å². The summed E-state index contributed by atoms with van der Waals surface area (Å²) >= 11 is 5.77. The number of para-hydroxylation sites is 1. The molecule has 1 aliphatic heterocycles. The van der Waals surface area contributed by atoms with E-state index < -0.39 is 11.7 Å². The van der Waals surface area contributed by atoms with E-state index in [2.05, 4.69) is 4.98 Å². The van der Waals surface area contributed by atoms with Crippen molar-refractivity contribution >= 4 is 23.1 Å². The van der Waals surface area contributed by atoms with Crippen LogP contribution in [-0.4, -0.2) is 11.0 Å². The number of benzene rings is 1. The van der Waals surface area contributed by atoms with E-state index in [0.29, 0.717) is 0 Å². The second-order valence-electron chi connectivity index (χ2n) is 5.09. The maximum atomic E-state index is 12.9. The summed E-state index contributed by atoms with van der Waals surface area (Å²) in [4.78, 5) is 5.87. The zero-order valence-electron chi connectivity index (χ0n) is 11.2. The fraction of sp³-hybridized carbons (Fsp3) is 0.267. The summed E-state index contributed by atoms with van der Waals surface area (Å²) < 4.78 is 38.8. The number of hydrogen-bond acceptors (Lipinski definition) is 2. The molecule has 0 saturated heterocycles. The fourth-order valence-electron chi connectivity index (χ4n) is 2.68. The van der Waals surface area contributed by atoms with E-state index in [0.717, 1.165) is 29.8 Å². The number of nitrogens with zero attached hydrogens (tertiary/aromatic N) is 2. The SMILES string of the molecule is CC1Cc2ccccc2N1c1cc(C(F)(F)F)cc(Cl)n1. The van der Waals surface area contributed by atoms with Crippen LogP contribution >= 0.6 is 11.6 Å². The molecule has 0 radical (unpaired) electrons. The van der Waals surface area contributed by atoms with Gasteiger partial charge in [-0.2, -0.15) is 13.2 Å². The van der Waals surface area contributed by atoms with Gasteiger partial charge < -0.3 is 4.90 Å². The van der Waals surface area contributed by atoms with Crippen molar-refractivity contribution in [2.75, 3.05) is 4.90 Å². The first-order chi connectivity index (χ1) is 9.86. The van der Waals surface area contributed by atoms with Crippen LogP contribution in [0, 0.1) is 0 Å². The Morgan fingerprint density at radius 3 is 2.67 bits per heavy atom. The molecule has 1 unspecified atom stereocenters. The van der Waals surface area contributed by atoms with E-state index in [1.165, 1.54) is 0 Å². The molecule has 21 heavy (non-hydrogen) atoms. The number of aromatic nitrogens is 1. The smallest absolute Gasteiger partial charge is 0.323 e. The number of alkyl halides is 3. The molecule has 0 aliphatic carbocycles. The molecule has 2 nitrogen and oxygen atoms in total. The number of anilines is 2. The van der Waals surface area contributed by atoms with Gasteiger partial charge in [-0.25, -0.2) is 4.98 Å². The first kappa shape index (κ1) is 14.2. The highest BCUT2D eigenvalue weighted by Gasteiger charge is 2.34. The van der Waals surface area contributed by atoms with Crippen molar-refractivity contribution in [3.63, 3.8) is 0 Å². The van der Waals surface area contributed by atoms with Crippen molar-refractivity contribution in [3.05, 3.63) is 52.7 Å². The average Bonchev–Trinajstić information content (AvgIpc) is 2.72.